The number of rotatable bonds is 6. The van der Waals surface area contributed by atoms with Gasteiger partial charge in [0, 0.05) is 26.2 Å². The van der Waals surface area contributed by atoms with Gasteiger partial charge in [-0.05, 0) is 61.9 Å². The van der Waals surface area contributed by atoms with E-state index in [-0.39, 0.29) is 28.0 Å². The summed E-state index contributed by atoms with van der Waals surface area (Å²) in [5, 5.41) is 0. The van der Waals surface area contributed by atoms with Crippen LogP contribution in [-0.2, 0) is 10.0 Å². The molecule has 1 N–H and O–H groups in total. The molecule has 0 aliphatic carbocycles. The summed E-state index contributed by atoms with van der Waals surface area (Å²) in [4.78, 5) is 29.5. The van der Waals surface area contributed by atoms with E-state index >= 15 is 0 Å². The number of hydrogen-bond donors (Lipinski definition) is 1. The molecule has 2 saturated heterocycles. The molecular formula is C25H31N3O5S. The maximum atomic E-state index is 13.3. The Kier molecular flexibility index (Phi) is 7.11. The van der Waals surface area contributed by atoms with E-state index in [0.29, 0.717) is 43.4 Å². The third-order valence-electron chi connectivity index (χ3n) is 6.58. The van der Waals surface area contributed by atoms with Gasteiger partial charge in [-0.25, -0.2) is 8.42 Å². The van der Waals surface area contributed by atoms with Crippen molar-refractivity contribution in [3.05, 3.63) is 53.6 Å². The van der Waals surface area contributed by atoms with Crippen molar-refractivity contribution in [2.45, 2.75) is 37.5 Å². The number of carbonyl (C=O) groups excluding carboxylic acids is 2. The van der Waals surface area contributed by atoms with Gasteiger partial charge in [-0.3, -0.25) is 14.3 Å². The minimum Gasteiger partial charge on any atom is -0.496 e. The van der Waals surface area contributed by atoms with Crippen molar-refractivity contribution < 1.29 is 22.7 Å². The van der Waals surface area contributed by atoms with Crippen molar-refractivity contribution in [3.8, 4) is 5.75 Å². The number of sulfonamides is 1. The number of methoxy groups -OCH3 is 1. The highest BCUT2D eigenvalue weighted by Gasteiger charge is 2.27. The zero-order valence-electron chi connectivity index (χ0n) is 19.6. The molecule has 2 heterocycles. The van der Waals surface area contributed by atoms with Gasteiger partial charge >= 0.3 is 0 Å². The zero-order valence-corrected chi connectivity index (χ0v) is 20.4. The molecule has 0 bridgehead atoms. The van der Waals surface area contributed by atoms with Crippen molar-refractivity contribution in [1.29, 1.82) is 0 Å². The van der Waals surface area contributed by atoms with Crippen LogP contribution in [0.3, 0.4) is 0 Å². The van der Waals surface area contributed by atoms with Crippen LogP contribution in [-0.4, -0.2) is 63.3 Å². The fourth-order valence-electron chi connectivity index (χ4n) is 4.46. The Morgan fingerprint density at radius 2 is 1.53 bits per heavy atom. The Morgan fingerprint density at radius 1 is 0.912 bits per heavy atom. The second-order valence-corrected chi connectivity index (χ2v) is 10.7. The number of amides is 2. The Labute approximate surface area is 200 Å². The van der Waals surface area contributed by atoms with Crippen molar-refractivity contribution in [3.63, 3.8) is 0 Å². The first kappa shape index (κ1) is 24.1. The molecule has 9 heteroatoms. The lowest BCUT2D eigenvalue weighted by Crippen LogP contribution is -2.38. The molecule has 0 radical (unpaired) electrons. The largest absolute Gasteiger partial charge is 0.496 e. The number of nitrogens with one attached hydrogen (secondary N) is 1. The predicted molar refractivity (Wildman–Crippen MR) is 130 cm³/mol. The van der Waals surface area contributed by atoms with Gasteiger partial charge in [0.05, 0.1) is 28.8 Å². The summed E-state index contributed by atoms with van der Waals surface area (Å²) < 4.78 is 34.5. The van der Waals surface area contributed by atoms with Gasteiger partial charge in [0.25, 0.3) is 21.8 Å². The van der Waals surface area contributed by atoms with Crippen LogP contribution in [0, 0.1) is 5.92 Å². The Hall–Kier alpha value is -3.07. The van der Waals surface area contributed by atoms with Crippen LogP contribution in [0.15, 0.2) is 47.4 Å². The SMILES string of the molecule is COc1ccc(S(=O)(=O)Nc2ccccc2C(=O)N2CCCC2)cc1C(=O)N1CCC(C)CC1. The fraction of sp³-hybridized carbons (Fsp3) is 0.440. The number of nitrogens with zero attached hydrogens (tertiary/aromatic N) is 2. The molecule has 2 aromatic rings. The number of anilines is 1. The molecule has 0 aromatic heterocycles. The molecule has 8 nitrogen and oxygen atoms in total. The molecule has 2 aliphatic heterocycles. The van der Waals surface area contributed by atoms with Crippen molar-refractivity contribution in [2.75, 3.05) is 38.0 Å². The molecule has 2 amide bonds. The van der Waals surface area contributed by atoms with E-state index in [2.05, 4.69) is 11.6 Å². The normalized spacial score (nSPS) is 17.0. The third-order valence-corrected chi connectivity index (χ3v) is 7.94. The summed E-state index contributed by atoms with van der Waals surface area (Å²) in [5.41, 5.74) is 0.731. The van der Waals surface area contributed by atoms with Gasteiger partial charge < -0.3 is 14.5 Å². The number of benzene rings is 2. The number of para-hydroxylation sites is 1. The number of hydrogen-bond acceptors (Lipinski definition) is 5. The van der Waals surface area contributed by atoms with E-state index < -0.39 is 10.0 Å². The van der Waals surface area contributed by atoms with Crippen molar-refractivity contribution >= 4 is 27.5 Å². The molecule has 0 unspecified atom stereocenters. The van der Waals surface area contributed by atoms with Crippen LogP contribution in [0.4, 0.5) is 5.69 Å². The maximum Gasteiger partial charge on any atom is 0.261 e. The molecule has 0 spiro atoms. The van der Waals surface area contributed by atoms with Crippen molar-refractivity contribution in [1.82, 2.24) is 9.80 Å². The molecule has 0 atom stereocenters. The number of carbonyl (C=O) groups is 2. The average molecular weight is 486 g/mol. The fourth-order valence-corrected chi connectivity index (χ4v) is 5.56. The monoisotopic (exact) mass is 485 g/mol. The minimum atomic E-state index is -4.06. The second kappa shape index (κ2) is 10.0. The highest BCUT2D eigenvalue weighted by atomic mass is 32.2. The first-order valence-corrected chi connectivity index (χ1v) is 13.2. The summed E-state index contributed by atoms with van der Waals surface area (Å²) >= 11 is 0. The second-order valence-electron chi connectivity index (χ2n) is 8.99. The number of ether oxygens (including phenoxy) is 1. The van der Waals surface area contributed by atoms with E-state index in [1.807, 2.05) is 0 Å². The lowest BCUT2D eigenvalue weighted by Gasteiger charge is -2.30. The van der Waals surface area contributed by atoms with Gasteiger partial charge in [0.1, 0.15) is 5.75 Å². The smallest absolute Gasteiger partial charge is 0.261 e. The molecule has 182 valence electrons. The van der Waals surface area contributed by atoms with E-state index in [4.69, 9.17) is 4.74 Å². The van der Waals surface area contributed by atoms with Gasteiger partial charge in [0.2, 0.25) is 0 Å². The topological polar surface area (TPSA) is 96.0 Å². The molecule has 2 aliphatic rings. The Bertz CT molecular complexity index is 1170. The van der Waals surface area contributed by atoms with E-state index in [1.54, 1.807) is 34.1 Å². The highest BCUT2D eigenvalue weighted by Crippen LogP contribution is 2.28. The van der Waals surface area contributed by atoms with Crippen LogP contribution in [0.5, 0.6) is 5.75 Å². The minimum absolute atomic E-state index is 0.0644. The van der Waals surface area contributed by atoms with Gasteiger partial charge in [0.15, 0.2) is 0 Å². The van der Waals surface area contributed by atoms with Crippen LogP contribution in [0.1, 0.15) is 53.3 Å². The predicted octanol–water partition coefficient (Wildman–Crippen LogP) is 3.60. The van der Waals surface area contributed by atoms with E-state index in [1.165, 1.54) is 25.3 Å². The average Bonchev–Trinajstić information content (AvgIpc) is 3.38. The lowest BCUT2D eigenvalue weighted by atomic mass is 9.98. The van der Waals surface area contributed by atoms with Crippen LogP contribution < -0.4 is 9.46 Å². The number of likely N-dealkylation sites (tertiary alicyclic amines) is 2. The summed E-state index contributed by atoms with van der Waals surface area (Å²) in [5.74, 6) is 0.448. The van der Waals surface area contributed by atoms with Crippen LogP contribution in [0.2, 0.25) is 0 Å². The number of piperidine rings is 1. The third kappa shape index (κ3) is 5.04. The van der Waals surface area contributed by atoms with E-state index in [9.17, 15) is 18.0 Å². The summed E-state index contributed by atoms with van der Waals surface area (Å²) in [6, 6.07) is 10.8. The standard InChI is InChI=1S/C25H31N3O5S/c1-18-11-15-28(16-12-18)25(30)21-17-19(9-10-23(21)33-2)34(31,32)26-22-8-4-3-7-20(22)24(29)27-13-5-6-14-27/h3-4,7-10,17-18,26H,5-6,11-16H2,1-2H3. The van der Waals surface area contributed by atoms with Gasteiger partial charge in [-0.15, -0.1) is 0 Å². The van der Waals surface area contributed by atoms with Crippen LogP contribution >= 0.6 is 0 Å². The quantitative estimate of drug-likeness (QED) is 0.674. The molecule has 34 heavy (non-hydrogen) atoms. The van der Waals surface area contributed by atoms with Gasteiger partial charge in [-0.1, -0.05) is 19.1 Å². The Balaban J connectivity index is 1.62. The van der Waals surface area contributed by atoms with E-state index in [0.717, 1.165) is 25.7 Å². The molecule has 2 fully saturated rings. The first-order valence-electron chi connectivity index (χ1n) is 11.7. The molecular weight excluding hydrogens is 454 g/mol. The highest BCUT2D eigenvalue weighted by molar-refractivity contribution is 7.92. The van der Waals surface area contributed by atoms with Gasteiger partial charge in [-0.2, -0.15) is 0 Å². The molecule has 2 aromatic carbocycles. The summed E-state index contributed by atoms with van der Waals surface area (Å²) in [7, 11) is -2.61. The summed E-state index contributed by atoms with van der Waals surface area (Å²) in [6.45, 7) is 4.75. The maximum absolute atomic E-state index is 13.3. The lowest BCUT2D eigenvalue weighted by molar-refractivity contribution is 0.0693. The van der Waals surface area contributed by atoms with Crippen molar-refractivity contribution in [2.24, 2.45) is 5.92 Å². The Morgan fingerprint density at radius 3 is 2.21 bits per heavy atom. The van der Waals surface area contributed by atoms with Crippen LogP contribution in [0.25, 0.3) is 0 Å². The first-order chi connectivity index (χ1) is 16.3. The molecule has 4 rings (SSSR count). The molecule has 0 saturated carbocycles. The zero-order chi connectivity index (χ0) is 24.3. The summed E-state index contributed by atoms with van der Waals surface area (Å²) in [6.07, 6.45) is 3.71.